The molecular weight excluding hydrogens is 412 g/mol. The van der Waals surface area contributed by atoms with E-state index in [9.17, 15) is 9.59 Å². The number of anilines is 1. The summed E-state index contributed by atoms with van der Waals surface area (Å²) in [6.07, 6.45) is 1.92. The van der Waals surface area contributed by atoms with E-state index in [1.807, 2.05) is 24.3 Å². The summed E-state index contributed by atoms with van der Waals surface area (Å²) in [6, 6.07) is 10.8. The first-order valence-corrected chi connectivity index (χ1v) is 9.40. The fourth-order valence-electron chi connectivity index (χ4n) is 2.69. The van der Waals surface area contributed by atoms with E-state index in [1.54, 1.807) is 12.1 Å². The Bertz CT molecular complexity index is 865. The molecule has 0 bridgehead atoms. The number of methoxy groups -OCH3 is 2. The van der Waals surface area contributed by atoms with E-state index in [2.05, 4.69) is 26.6 Å². The summed E-state index contributed by atoms with van der Waals surface area (Å²) in [4.78, 5) is 24.5. The Morgan fingerprint density at radius 3 is 2.59 bits per heavy atom. The Morgan fingerprint density at radius 1 is 1.15 bits per heavy atom. The highest BCUT2D eigenvalue weighted by Crippen LogP contribution is 2.33. The minimum Gasteiger partial charge on any atom is -0.497 e. The third-order valence-electron chi connectivity index (χ3n) is 4.30. The number of rotatable bonds is 7. The highest BCUT2D eigenvalue weighted by atomic mass is 79.9. The van der Waals surface area contributed by atoms with Crippen LogP contribution in [0.2, 0.25) is 0 Å². The van der Waals surface area contributed by atoms with Crippen molar-refractivity contribution in [3.05, 3.63) is 52.0 Å². The summed E-state index contributed by atoms with van der Waals surface area (Å²) in [7, 11) is 3.05. The van der Waals surface area contributed by atoms with Crippen LogP contribution < -0.4 is 20.1 Å². The smallest absolute Gasteiger partial charge is 0.255 e. The summed E-state index contributed by atoms with van der Waals surface area (Å²) >= 11 is 3.39. The third-order valence-corrected chi connectivity index (χ3v) is 4.89. The van der Waals surface area contributed by atoms with Crippen LogP contribution in [-0.4, -0.2) is 26.0 Å². The molecule has 6 nitrogen and oxygen atoms in total. The van der Waals surface area contributed by atoms with Gasteiger partial charge in [0.25, 0.3) is 5.91 Å². The van der Waals surface area contributed by atoms with Gasteiger partial charge in [0.2, 0.25) is 5.91 Å². The third kappa shape index (κ3) is 4.80. The number of hydrogen-bond acceptors (Lipinski definition) is 4. The summed E-state index contributed by atoms with van der Waals surface area (Å²) in [6.45, 7) is 0.323. The molecule has 7 heteroatoms. The van der Waals surface area contributed by atoms with Crippen LogP contribution in [0.5, 0.6) is 11.5 Å². The van der Waals surface area contributed by atoms with Crippen LogP contribution in [0.25, 0.3) is 0 Å². The molecule has 2 aromatic carbocycles. The Labute approximate surface area is 166 Å². The maximum atomic E-state index is 12.6. The molecule has 27 heavy (non-hydrogen) atoms. The van der Waals surface area contributed by atoms with Gasteiger partial charge < -0.3 is 20.1 Å². The zero-order valence-electron chi connectivity index (χ0n) is 15.2. The summed E-state index contributed by atoms with van der Waals surface area (Å²) in [5.41, 5.74) is 2.00. The molecule has 0 atom stereocenters. The minimum absolute atomic E-state index is 0.0575. The van der Waals surface area contributed by atoms with E-state index >= 15 is 0 Å². The Morgan fingerprint density at radius 2 is 1.93 bits per heavy atom. The monoisotopic (exact) mass is 432 g/mol. The van der Waals surface area contributed by atoms with E-state index in [0.717, 1.165) is 24.1 Å². The molecule has 0 aromatic heterocycles. The fourth-order valence-corrected chi connectivity index (χ4v) is 3.29. The van der Waals surface area contributed by atoms with Crippen LogP contribution in [0, 0.1) is 5.92 Å². The molecule has 2 N–H and O–H groups in total. The Hall–Kier alpha value is -2.54. The van der Waals surface area contributed by atoms with E-state index in [0.29, 0.717) is 28.1 Å². The maximum Gasteiger partial charge on any atom is 0.255 e. The van der Waals surface area contributed by atoms with Crippen molar-refractivity contribution >= 4 is 33.4 Å². The molecular formula is C20H21BrN2O4. The number of carbonyl (C=O) groups excluding carboxylic acids is 2. The first-order chi connectivity index (χ1) is 13.0. The number of hydrogen-bond donors (Lipinski definition) is 2. The number of ether oxygens (including phenoxy) is 2. The lowest BCUT2D eigenvalue weighted by Gasteiger charge is -2.13. The number of nitrogens with one attached hydrogen (secondary N) is 2. The van der Waals surface area contributed by atoms with Crippen molar-refractivity contribution in [1.29, 1.82) is 0 Å². The van der Waals surface area contributed by atoms with Crippen LogP contribution in [0.3, 0.4) is 0 Å². The zero-order valence-corrected chi connectivity index (χ0v) is 16.8. The highest BCUT2D eigenvalue weighted by Gasteiger charge is 2.29. The van der Waals surface area contributed by atoms with Gasteiger partial charge in [0.05, 0.1) is 24.3 Å². The van der Waals surface area contributed by atoms with Crippen molar-refractivity contribution in [3.63, 3.8) is 0 Å². The van der Waals surface area contributed by atoms with E-state index in [4.69, 9.17) is 9.47 Å². The van der Waals surface area contributed by atoms with Gasteiger partial charge in [0, 0.05) is 18.2 Å². The first kappa shape index (κ1) is 19.2. The molecule has 0 spiro atoms. The lowest BCUT2D eigenvalue weighted by atomic mass is 10.1. The van der Waals surface area contributed by atoms with Crippen LogP contribution >= 0.6 is 15.9 Å². The molecule has 2 aromatic rings. The average Bonchev–Trinajstić information content (AvgIpc) is 3.51. The molecule has 3 rings (SSSR count). The molecule has 142 valence electrons. The SMILES string of the molecule is COc1cc(Br)c(OC)c(C(=O)NCc2cccc(NC(=O)C3CC3)c2)c1. The maximum absolute atomic E-state index is 12.6. The average molecular weight is 433 g/mol. The standard InChI is InChI=1S/C20H21BrN2O4/c1-26-15-9-16(18(27-2)17(21)10-15)20(25)22-11-12-4-3-5-14(8-12)23-19(24)13-6-7-13/h3-5,8-10,13H,6-7,11H2,1-2H3,(H,22,25)(H,23,24). The van der Waals surface area contributed by atoms with Gasteiger partial charge >= 0.3 is 0 Å². The van der Waals surface area contributed by atoms with Crippen molar-refractivity contribution in [2.75, 3.05) is 19.5 Å². The number of halogens is 1. The summed E-state index contributed by atoms with van der Waals surface area (Å²) in [5, 5.41) is 5.79. The van der Waals surface area contributed by atoms with E-state index in [-0.39, 0.29) is 17.7 Å². The van der Waals surface area contributed by atoms with Crippen molar-refractivity contribution in [2.24, 2.45) is 5.92 Å². The molecule has 1 saturated carbocycles. The van der Waals surface area contributed by atoms with Crippen LogP contribution in [0.4, 0.5) is 5.69 Å². The largest absolute Gasteiger partial charge is 0.497 e. The molecule has 0 unspecified atom stereocenters. The second-order valence-corrected chi connectivity index (χ2v) is 7.19. The minimum atomic E-state index is -0.279. The van der Waals surface area contributed by atoms with Gasteiger partial charge in [-0.05, 0) is 58.6 Å². The van der Waals surface area contributed by atoms with Gasteiger partial charge in [-0.2, -0.15) is 0 Å². The van der Waals surface area contributed by atoms with Gasteiger partial charge in [-0.3, -0.25) is 9.59 Å². The van der Waals surface area contributed by atoms with Gasteiger partial charge in [-0.1, -0.05) is 12.1 Å². The van der Waals surface area contributed by atoms with Gasteiger partial charge in [0.1, 0.15) is 11.5 Å². The number of amides is 2. The molecule has 0 saturated heterocycles. The normalized spacial score (nSPS) is 13.0. The van der Waals surface area contributed by atoms with Crippen LogP contribution in [0.1, 0.15) is 28.8 Å². The first-order valence-electron chi connectivity index (χ1n) is 8.61. The van der Waals surface area contributed by atoms with Crippen molar-refractivity contribution in [3.8, 4) is 11.5 Å². The quantitative estimate of drug-likeness (QED) is 0.698. The topological polar surface area (TPSA) is 76.7 Å². The highest BCUT2D eigenvalue weighted by molar-refractivity contribution is 9.10. The Balaban J connectivity index is 1.69. The van der Waals surface area contributed by atoms with Crippen molar-refractivity contribution in [1.82, 2.24) is 5.32 Å². The molecule has 1 fully saturated rings. The second kappa shape index (κ2) is 8.43. The second-order valence-electron chi connectivity index (χ2n) is 6.34. The van der Waals surface area contributed by atoms with Crippen LogP contribution in [0.15, 0.2) is 40.9 Å². The molecule has 0 aliphatic heterocycles. The summed E-state index contributed by atoms with van der Waals surface area (Å²) < 4.78 is 11.2. The van der Waals surface area contributed by atoms with Crippen molar-refractivity contribution in [2.45, 2.75) is 19.4 Å². The predicted molar refractivity (Wildman–Crippen MR) is 106 cm³/mol. The Kier molecular flexibility index (Phi) is 6.01. The lowest BCUT2D eigenvalue weighted by molar-refractivity contribution is -0.117. The van der Waals surface area contributed by atoms with E-state index in [1.165, 1.54) is 14.2 Å². The van der Waals surface area contributed by atoms with Gasteiger partial charge in [-0.25, -0.2) is 0 Å². The molecule has 0 heterocycles. The van der Waals surface area contributed by atoms with Crippen LogP contribution in [-0.2, 0) is 11.3 Å². The predicted octanol–water partition coefficient (Wildman–Crippen LogP) is 3.74. The van der Waals surface area contributed by atoms with Gasteiger partial charge in [0.15, 0.2) is 0 Å². The van der Waals surface area contributed by atoms with Crippen molar-refractivity contribution < 1.29 is 19.1 Å². The zero-order chi connectivity index (χ0) is 19.4. The van der Waals surface area contributed by atoms with E-state index < -0.39 is 0 Å². The molecule has 2 amide bonds. The number of benzene rings is 2. The van der Waals surface area contributed by atoms with Gasteiger partial charge in [-0.15, -0.1) is 0 Å². The molecule has 1 aliphatic rings. The fraction of sp³-hybridized carbons (Fsp3) is 0.300. The lowest BCUT2D eigenvalue weighted by Crippen LogP contribution is -2.23. The number of carbonyl (C=O) groups is 2. The molecule has 0 radical (unpaired) electrons. The molecule has 1 aliphatic carbocycles. The summed E-state index contributed by atoms with van der Waals surface area (Å²) in [5.74, 6) is 0.921.